The van der Waals surface area contributed by atoms with Crippen molar-refractivity contribution >= 4 is 21.7 Å². The summed E-state index contributed by atoms with van der Waals surface area (Å²) in [6, 6.07) is 7.39. The minimum absolute atomic E-state index is 0.0650. The zero-order valence-electron chi connectivity index (χ0n) is 11.2. The van der Waals surface area contributed by atoms with Crippen LogP contribution < -0.4 is 10.5 Å². The van der Waals surface area contributed by atoms with Gasteiger partial charge in [-0.3, -0.25) is 0 Å². The SMILES string of the molecule is Nc1ccc(S(=O)(=O)Nc2nccc(-n3cncn3)n2)cc1. The quantitative estimate of drug-likeness (QED) is 0.668. The van der Waals surface area contributed by atoms with E-state index < -0.39 is 10.0 Å². The van der Waals surface area contributed by atoms with Crippen LogP contribution in [0.1, 0.15) is 0 Å². The van der Waals surface area contributed by atoms with Crippen molar-refractivity contribution in [3.8, 4) is 5.82 Å². The molecule has 0 fully saturated rings. The molecule has 0 bridgehead atoms. The number of hydrogen-bond donors (Lipinski definition) is 2. The molecule has 3 rings (SSSR count). The maximum Gasteiger partial charge on any atom is 0.264 e. The molecule has 0 aliphatic carbocycles. The molecule has 0 amide bonds. The van der Waals surface area contributed by atoms with Crippen LogP contribution in [0.5, 0.6) is 0 Å². The molecule has 0 saturated carbocycles. The number of anilines is 2. The van der Waals surface area contributed by atoms with Gasteiger partial charge in [-0.15, -0.1) is 0 Å². The Morgan fingerprint density at radius 1 is 1.14 bits per heavy atom. The van der Waals surface area contributed by atoms with Gasteiger partial charge >= 0.3 is 0 Å². The smallest absolute Gasteiger partial charge is 0.264 e. The molecule has 9 nitrogen and oxygen atoms in total. The first kappa shape index (κ1) is 13.9. The second-order valence-electron chi connectivity index (χ2n) is 4.25. The van der Waals surface area contributed by atoms with Crippen molar-refractivity contribution in [3.63, 3.8) is 0 Å². The summed E-state index contributed by atoms with van der Waals surface area (Å²) in [5.41, 5.74) is 6.02. The Hall–Kier alpha value is -3.01. The van der Waals surface area contributed by atoms with Gasteiger partial charge in [-0.25, -0.2) is 27.8 Å². The number of nitrogens with two attached hydrogens (primary N) is 1. The summed E-state index contributed by atoms with van der Waals surface area (Å²) in [5.74, 6) is 0.326. The topological polar surface area (TPSA) is 129 Å². The van der Waals surface area contributed by atoms with Crippen molar-refractivity contribution in [3.05, 3.63) is 49.2 Å². The Morgan fingerprint density at radius 2 is 1.91 bits per heavy atom. The molecular weight excluding hydrogens is 306 g/mol. The number of nitrogen functional groups attached to an aromatic ring is 1. The van der Waals surface area contributed by atoms with Gasteiger partial charge in [0.05, 0.1) is 4.90 Å². The molecule has 22 heavy (non-hydrogen) atoms. The minimum Gasteiger partial charge on any atom is -0.399 e. The first-order valence-corrected chi connectivity index (χ1v) is 7.59. The molecule has 0 aliphatic heterocycles. The Bertz CT molecular complexity index is 876. The van der Waals surface area contributed by atoms with E-state index >= 15 is 0 Å². The van der Waals surface area contributed by atoms with Gasteiger partial charge in [0.15, 0.2) is 5.82 Å². The lowest BCUT2D eigenvalue weighted by Crippen LogP contribution is -2.15. The molecule has 3 N–H and O–H groups in total. The van der Waals surface area contributed by atoms with E-state index in [4.69, 9.17) is 5.73 Å². The second kappa shape index (κ2) is 5.41. The normalized spacial score (nSPS) is 11.3. The van der Waals surface area contributed by atoms with Crippen LogP contribution >= 0.6 is 0 Å². The van der Waals surface area contributed by atoms with Gasteiger partial charge < -0.3 is 5.73 Å². The van der Waals surface area contributed by atoms with Crippen molar-refractivity contribution in [2.75, 3.05) is 10.5 Å². The van der Waals surface area contributed by atoms with E-state index in [0.717, 1.165) is 0 Å². The molecule has 0 unspecified atom stereocenters. The molecule has 112 valence electrons. The molecule has 2 heterocycles. The third-order valence-electron chi connectivity index (χ3n) is 2.71. The molecule has 2 aromatic heterocycles. The van der Waals surface area contributed by atoms with Crippen molar-refractivity contribution in [2.45, 2.75) is 4.90 Å². The number of rotatable bonds is 4. The lowest BCUT2D eigenvalue weighted by Gasteiger charge is -2.07. The Balaban J connectivity index is 1.89. The fourth-order valence-corrected chi connectivity index (χ4v) is 2.63. The summed E-state index contributed by atoms with van der Waals surface area (Å²) in [7, 11) is -3.79. The number of sulfonamides is 1. The summed E-state index contributed by atoms with van der Waals surface area (Å²) in [4.78, 5) is 11.8. The van der Waals surface area contributed by atoms with Gasteiger partial charge in [0.25, 0.3) is 10.0 Å². The predicted molar refractivity (Wildman–Crippen MR) is 78.6 cm³/mol. The summed E-state index contributed by atoms with van der Waals surface area (Å²) >= 11 is 0. The average molecular weight is 317 g/mol. The molecule has 10 heteroatoms. The largest absolute Gasteiger partial charge is 0.399 e. The summed E-state index contributed by atoms with van der Waals surface area (Å²) in [5, 5.41) is 3.92. The number of benzene rings is 1. The number of aromatic nitrogens is 5. The highest BCUT2D eigenvalue weighted by Gasteiger charge is 2.15. The van der Waals surface area contributed by atoms with Crippen LogP contribution in [-0.4, -0.2) is 33.2 Å². The van der Waals surface area contributed by atoms with E-state index in [1.165, 1.54) is 47.8 Å². The highest BCUT2D eigenvalue weighted by atomic mass is 32.2. The van der Waals surface area contributed by atoms with Crippen molar-refractivity contribution < 1.29 is 8.42 Å². The van der Waals surface area contributed by atoms with E-state index in [1.54, 1.807) is 6.07 Å². The van der Waals surface area contributed by atoms with Crippen LogP contribution in [0, 0.1) is 0 Å². The zero-order chi connectivity index (χ0) is 15.6. The third-order valence-corrected chi connectivity index (χ3v) is 4.05. The van der Waals surface area contributed by atoms with Crippen molar-refractivity contribution in [1.29, 1.82) is 0 Å². The summed E-state index contributed by atoms with van der Waals surface area (Å²) in [6.45, 7) is 0. The van der Waals surface area contributed by atoms with Gasteiger partial charge in [0, 0.05) is 18.0 Å². The van der Waals surface area contributed by atoms with E-state index in [-0.39, 0.29) is 10.8 Å². The molecular formula is C12H11N7O2S. The lowest BCUT2D eigenvalue weighted by atomic mass is 10.3. The highest BCUT2D eigenvalue weighted by molar-refractivity contribution is 7.92. The van der Waals surface area contributed by atoms with Crippen LogP contribution in [0.3, 0.4) is 0 Å². The fraction of sp³-hybridized carbons (Fsp3) is 0. The lowest BCUT2D eigenvalue weighted by molar-refractivity contribution is 0.601. The monoisotopic (exact) mass is 317 g/mol. The Morgan fingerprint density at radius 3 is 2.59 bits per heavy atom. The maximum atomic E-state index is 12.2. The minimum atomic E-state index is -3.79. The molecule has 3 aromatic rings. The van der Waals surface area contributed by atoms with E-state index in [0.29, 0.717) is 11.5 Å². The Labute approximate surface area is 125 Å². The first-order valence-electron chi connectivity index (χ1n) is 6.11. The van der Waals surface area contributed by atoms with Gasteiger partial charge in [-0.2, -0.15) is 10.1 Å². The zero-order valence-corrected chi connectivity index (χ0v) is 12.0. The van der Waals surface area contributed by atoms with E-state index in [2.05, 4.69) is 24.8 Å². The van der Waals surface area contributed by atoms with Crippen LogP contribution in [0.4, 0.5) is 11.6 Å². The maximum absolute atomic E-state index is 12.2. The number of nitrogens with zero attached hydrogens (tertiary/aromatic N) is 5. The van der Waals surface area contributed by atoms with Gasteiger partial charge in [-0.1, -0.05) is 0 Å². The van der Waals surface area contributed by atoms with Gasteiger partial charge in [0.1, 0.15) is 12.7 Å². The third kappa shape index (κ3) is 2.86. The summed E-state index contributed by atoms with van der Waals surface area (Å²) < 4.78 is 28.2. The molecule has 0 saturated heterocycles. The van der Waals surface area contributed by atoms with E-state index in [9.17, 15) is 8.42 Å². The van der Waals surface area contributed by atoms with Crippen LogP contribution in [0.15, 0.2) is 54.1 Å². The predicted octanol–water partition coefficient (Wildman–Crippen LogP) is 0.440. The highest BCUT2D eigenvalue weighted by Crippen LogP contribution is 2.15. The number of nitrogens with one attached hydrogen (secondary N) is 1. The molecule has 0 atom stereocenters. The fourth-order valence-electron chi connectivity index (χ4n) is 1.68. The van der Waals surface area contributed by atoms with Gasteiger partial charge in [0.2, 0.25) is 5.95 Å². The second-order valence-corrected chi connectivity index (χ2v) is 5.94. The van der Waals surface area contributed by atoms with E-state index in [1.807, 2.05) is 0 Å². The van der Waals surface area contributed by atoms with Crippen LogP contribution in [-0.2, 0) is 10.0 Å². The van der Waals surface area contributed by atoms with Crippen molar-refractivity contribution in [2.24, 2.45) is 0 Å². The standard InChI is InChI=1S/C12H11N7O2S/c13-9-1-3-10(4-2-9)22(20,21)18-12-15-6-5-11(17-12)19-8-14-7-16-19/h1-8H,13H2,(H,15,17,18). The van der Waals surface area contributed by atoms with Crippen LogP contribution in [0.2, 0.25) is 0 Å². The molecule has 0 aliphatic rings. The molecule has 1 aromatic carbocycles. The Kier molecular flexibility index (Phi) is 3.43. The first-order chi connectivity index (χ1) is 10.5. The summed E-state index contributed by atoms with van der Waals surface area (Å²) in [6.07, 6.45) is 4.21. The molecule has 0 radical (unpaired) electrons. The van der Waals surface area contributed by atoms with Crippen LogP contribution in [0.25, 0.3) is 5.82 Å². The van der Waals surface area contributed by atoms with Crippen molar-refractivity contribution in [1.82, 2.24) is 24.7 Å². The molecule has 0 spiro atoms. The average Bonchev–Trinajstić information content (AvgIpc) is 3.02. The number of hydrogen-bond acceptors (Lipinski definition) is 7. The van der Waals surface area contributed by atoms with Gasteiger partial charge in [-0.05, 0) is 24.3 Å².